The molecule has 0 amide bonds. The Morgan fingerprint density at radius 2 is 0.567 bits per heavy atom. The molecule has 0 saturated carbocycles. The number of hydrogen-bond acceptors (Lipinski definition) is 6. The molecule has 2 aliphatic rings. The van der Waals surface area contributed by atoms with E-state index in [0.717, 1.165) is 34.9 Å². The van der Waals surface area contributed by atoms with Gasteiger partial charge in [0, 0.05) is 50.9 Å². The normalized spacial score (nSPS) is 13.5. The molecule has 550 valence electrons. The summed E-state index contributed by atoms with van der Waals surface area (Å²) in [5, 5.41) is 2.50. The summed E-state index contributed by atoms with van der Waals surface area (Å²) in [5.41, 5.74) is 22.3. The highest BCUT2D eigenvalue weighted by Gasteiger charge is 2.44. The standard InChI is InChI=1S/C98H124N2S4/c1-7-13-19-25-27-29-31-33-35-37-47-71-67-85-86(68-72(71)48-38-36-34-32-30-28-26-20-14-8-2)100-94-80-70-92(90-60-58-88(102-90)74-54-56-78-76-50-40-42-52-82(76)98(84(78)66-74,63-45-23-17-11-5)64-46-24-18-12-6)104-96(80)95-79(93(94)99-85)69-91(103-95)89-59-57-87(101-89)73-53-55-77-75-49-39-41-51-81(75)97(83(77)65-73,61-43-21-15-9-3)62-44-22-16-10-4/h39-42,49-60,65-70H,7-38,43-48,61-64H2,1-6H3. The minimum absolute atomic E-state index is 0.0567. The van der Waals surface area contributed by atoms with Gasteiger partial charge in [-0.25, -0.2) is 9.97 Å². The van der Waals surface area contributed by atoms with E-state index < -0.39 is 0 Å². The van der Waals surface area contributed by atoms with E-state index in [1.807, 2.05) is 45.3 Å². The van der Waals surface area contributed by atoms with Crippen LogP contribution < -0.4 is 0 Å². The zero-order chi connectivity index (χ0) is 71.5. The Balaban J connectivity index is 0.875. The number of nitrogens with zero attached hydrogens (tertiary/aromatic N) is 2. The Labute approximate surface area is 644 Å². The second-order valence-corrected chi connectivity index (χ2v) is 36.2. The average Bonchev–Trinajstić information content (AvgIpc) is 1.64. The molecule has 0 unspecified atom stereocenters. The number of aryl methyl sites for hydroxylation is 2. The maximum absolute atomic E-state index is 5.89. The number of aromatic nitrogens is 2. The smallest absolute Gasteiger partial charge is 0.0988 e. The number of rotatable bonds is 46. The molecule has 0 fully saturated rings. The lowest BCUT2D eigenvalue weighted by Gasteiger charge is -2.33. The van der Waals surface area contributed by atoms with Crippen LogP contribution in [0, 0.1) is 0 Å². The SMILES string of the molecule is CCCCCCCCCCCCc1cc2nc3c4cc(-c5ccc(-c6ccc7c(c6)C(CCCCCC)(CCCCCC)c6ccccc6-7)s5)sc4c4sc(-c5ccc(-c6ccc7c(c6)C(CCCCCC)(CCCCCC)c6ccccc6-7)s5)cc4c3nc2cc1CCCCCCCCCCCC. The average molecular weight is 1460 g/mol. The summed E-state index contributed by atoms with van der Waals surface area (Å²) in [4.78, 5) is 19.8. The Morgan fingerprint density at radius 1 is 0.260 bits per heavy atom. The summed E-state index contributed by atoms with van der Waals surface area (Å²) in [6.07, 6.45) is 55.0. The van der Waals surface area contributed by atoms with E-state index in [4.69, 9.17) is 9.97 Å². The van der Waals surface area contributed by atoms with E-state index >= 15 is 0 Å². The largest absolute Gasteiger partial charge is 0.244 e. The first-order valence-corrected chi connectivity index (χ1v) is 45.9. The van der Waals surface area contributed by atoms with Gasteiger partial charge >= 0.3 is 0 Å². The summed E-state index contributed by atoms with van der Waals surface area (Å²) in [6.45, 7) is 14.1. The fraction of sp³-hybridized carbons (Fsp3) is 0.510. The van der Waals surface area contributed by atoms with Crippen molar-refractivity contribution in [2.24, 2.45) is 0 Å². The first-order chi connectivity index (χ1) is 51.3. The third-order valence-corrected chi connectivity index (χ3v) is 29.5. The fourth-order valence-electron chi connectivity index (χ4n) is 18.6. The lowest BCUT2D eigenvalue weighted by Crippen LogP contribution is -2.25. The quantitative estimate of drug-likeness (QED) is 0.0281. The molecule has 0 radical (unpaired) electrons. The van der Waals surface area contributed by atoms with Crippen LogP contribution in [-0.2, 0) is 23.7 Å². The molecule has 0 saturated heterocycles. The monoisotopic (exact) mass is 1460 g/mol. The van der Waals surface area contributed by atoms with Gasteiger partial charge in [-0.2, -0.15) is 0 Å². The summed E-state index contributed by atoms with van der Waals surface area (Å²) < 4.78 is 2.70. The lowest BCUT2D eigenvalue weighted by molar-refractivity contribution is 0.401. The van der Waals surface area contributed by atoms with Crippen LogP contribution in [0.1, 0.15) is 332 Å². The van der Waals surface area contributed by atoms with Crippen molar-refractivity contribution in [3.05, 3.63) is 167 Å². The van der Waals surface area contributed by atoms with E-state index in [1.54, 1.807) is 22.3 Å². The van der Waals surface area contributed by atoms with Crippen LogP contribution in [-0.4, -0.2) is 9.97 Å². The van der Waals surface area contributed by atoms with Crippen molar-refractivity contribution in [1.82, 2.24) is 9.97 Å². The second-order valence-electron chi connectivity index (χ2n) is 31.9. The molecule has 0 aliphatic heterocycles. The molecule has 11 aromatic rings. The van der Waals surface area contributed by atoms with E-state index in [0.29, 0.717) is 0 Å². The molecule has 0 atom stereocenters. The predicted molar refractivity (Wildman–Crippen MR) is 464 cm³/mol. The van der Waals surface area contributed by atoms with Gasteiger partial charge in [0.15, 0.2) is 0 Å². The van der Waals surface area contributed by atoms with Crippen molar-refractivity contribution < 1.29 is 0 Å². The summed E-state index contributed by atoms with van der Waals surface area (Å²) >= 11 is 7.93. The van der Waals surface area contributed by atoms with Crippen LogP contribution >= 0.6 is 45.3 Å². The molecule has 5 heterocycles. The van der Waals surface area contributed by atoms with Gasteiger partial charge in [-0.05, 0) is 179 Å². The Morgan fingerprint density at radius 3 is 0.923 bits per heavy atom. The molecule has 6 aromatic carbocycles. The number of hydrogen-bond donors (Lipinski definition) is 0. The van der Waals surface area contributed by atoms with Crippen molar-refractivity contribution in [2.75, 3.05) is 0 Å². The van der Waals surface area contributed by atoms with Gasteiger partial charge in [0.1, 0.15) is 0 Å². The molecule has 0 bridgehead atoms. The van der Waals surface area contributed by atoms with Crippen molar-refractivity contribution >= 4 is 87.6 Å². The van der Waals surface area contributed by atoms with Gasteiger partial charge in [-0.1, -0.05) is 333 Å². The van der Waals surface area contributed by atoms with Crippen LogP contribution in [0.5, 0.6) is 0 Å². The minimum Gasteiger partial charge on any atom is -0.244 e. The van der Waals surface area contributed by atoms with E-state index in [2.05, 4.69) is 175 Å². The van der Waals surface area contributed by atoms with Gasteiger partial charge in [0.2, 0.25) is 0 Å². The predicted octanol–water partition coefficient (Wildman–Crippen LogP) is 33.3. The maximum Gasteiger partial charge on any atom is 0.0988 e. The molecular weight excluding hydrogens is 1330 g/mol. The molecule has 2 nitrogen and oxygen atoms in total. The number of benzene rings is 6. The highest BCUT2D eigenvalue weighted by molar-refractivity contribution is 7.33. The van der Waals surface area contributed by atoms with Gasteiger partial charge in [0.05, 0.1) is 31.5 Å². The number of fused-ring (bicyclic) bond motifs is 13. The number of unbranched alkanes of at least 4 members (excludes halogenated alkanes) is 30. The van der Waals surface area contributed by atoms with Crippen molar-refractivity contribution in [2.45, 2.75) is 322 Å². The summed E-state index contributed by atoms with van der Waals surface area (Å²) in [6, 6.07) is 53.9. The van der Waals surface area contributed by atoms with Crippen LogP contribution in [0.25, 0.3) is 105 Å². The zero-order valence-electron chi connectivity index (χ0n) is 64.9. The van der Waals surface area contributed by atoms with E-state index in [1.165, 1.54) is 351 Å². The van der Waals surface area contributed by atoms with Gasteiger partial charge < -0.3 is 0 Å². The molecule has 5 aromatic heterocycles. The zero-order valence-corrected chi connectivity index (χ0v) is 68.2. The Kier molecular flexibility index (Phi) is 27.8. The molecule has 0 spiro atoms. The molecular formula is C98H124N2S4. The van der Waals surface area contributed by atoms with E-state index in [-0.39, 0.29) is 10.8 Å². The Bertz CT molecular complexity index is 4230. The third kappa shape index (κ3) is 17.4. The topological polar surface area (TPSA) is 25.8 Å². The third-order valence-electron chi connectivity index (χ3n) is 24.4. The van der Waals surface area contributed by atoms with Crippen LogP contribution in [0.15, 0.2) is 133 Å². The summed E-state index contributed by atoms with van der Waals surface area (Å²) in [7, 11) is 0. The van der Waals surface area contributed by atoms with Gasteiger partial charge in [0.25, 0.3) is 0 Å². The van der Waals surface area contributed by atoms with Crippen LogP contribution in [0.4, 0.5) is 0 Å². The lowest BCUT2D eigenvalue weighted by atomic mass is 9.70. The van der Waals surface area contributed by atoms with Crippen LogP contribution in [0.3, 0.4) is 0 Å². The second kappa shape index (κ2) is 37.9. The van der Waals surface area contributed by atoms with Gasteiger partial charge in [-0.15, -0.1) is 45.3 Å². The molecule has 0 N–H and O–H groups in total. The fourth-order valence-corrected chi connectivity index (χ4v) is 23.2. The number of thiophene rings is 4. The van der Waals surface area contributed by atoms with Crippen molar-refractivity contribution in [3.8, 4) is 62.6 Å². The minimum atomic E-state index is 0.0567. The highest BCUT2D eigenvalue weighted by atomic mass is 32.1. The summed E-state index contributed by atoms with van der Waals surface area (Å²) in [5.74, 6) is 0. The Hall–Kier alpha value is -5.76. The van der Waals surface area contributed by atoms with Crippen molar-refractivity contribution in [3.63, 3.8) is 0 Å². The molecule has 2 aliphatic carbocycles. The molecule has 13 rings (SSSR count). The molecule has 6 heteroatoms. The highest BCUT2D eigenvalue weighted by Crippen LogP contribution is 2.58. The molecule has 104 heavy (non-hydrogen) atoms. The van der Waals surface area contributed by atoms with E-state index in [9.17, 15) is 0 Å². The van der Waals surface area contributed by atoms with Crippen LogP contribution in [0.2, 0.25) is 0 Å². The van der Waals surface area contributed by atoms with Gasteiger partial charge in [-0.3, -0.25) is 0 Å². The maximum atomic E-state index is 5.89. The first-order valence-electron chi connectivity index (χ1n) is 42.7. The van der Waals surface area contributed by atoms with Crippen molar-refractivity contribution in [1.29, 1.82) is 0 Å². The first kappa shape index (κ1) is 76.4.